The summed E-state index contributed by atoms with van der Waals surface area (Å²) in [6.07, 6.45) is 2.28. The summed E-state index contributed by atoms with van der Waals surface area (Å²) in [4.78, 5) is 10.4. The van der Waals surface area contributed by atoms with E-state index in [0.29, 0.717) is 6.42 Å². The zero-order valence-electron chi connectivity index (χ0n) is 7.99. The van der Waals surface area contributed by atoms with Crippen molar-refractivity contribution in [1.82, 2.24) is 0 Å². The molecule has 1 heterocycles. The molecule has 1 aliphatic rings. The summed E-state index contributed by atoms with van der Waals surface area (Å²) in [6.45, 7) is 7.15. The maximum absolute atomic E-state index is 10.4. The largest absolute Gasteiger partial charge is 0.352 e. The predicted molar refractivity (Wildman–Crippen MR) is 49.3 cm³/mol. The first-order valence-electron chi connectivity index (χ1n) is 4.60. The Balaban J connectivity index is 2.29. The molecular formula is C10H16O3. The van der Waals surface area contributed by atoms with Gasteiger partial charge in [0.1, 0.15) is 6.29 Å². The Morgan fingerprint density at radius 1 is 1.62 bits per heavy atom. The minimum atomic E-state index is -0.191. The first-order valence-corrected chi connectivity index (χ1v) is 4.60. The van der Waals surface area contributed by atoms with Crippen molar-refractivity contribution in [3.8, 4) is 0 Å². The second kappa shape index (κ2) is 5.14. The van der Waals surface area contributed by atoms with Gasteiger partial charge in [0, 0.05) is 12.3 Å². The molecule has 0 aromatic heterocycles. The van der Waals surface area contributed by atoms with Crippen LogP contribution in [0.1, 0.15) is 19.8 Å². The fraction of sp³-hybridized carbons (Fsp3) is 0.700. The third-order valence-electron chi connectivity index (χ3n) is 2.17. The summed E-state index contributed by atoms with van der Waals surface area (Å²) in [7, 11) is 0. The molecule has 0 radical (unpaired) electrons. The molecule has 0 amide bonds. The molecule has 1 fully saturated rings. The Labute approximate surface area is 78.7 Å². The molecule has 0 N–H and O–H groups in total. The average molecular weight is 184 g/mol. The Bertz CT molecular complexity index is 183. The molecule has 0 aliphatic carbocycles. The van der Waals surface area contributed by atoms with Crippen LogP contribution in [0, 0.1) is 5.92 Å². The summed E-state index contributed by atoms with van der Waals surface area (Å²) >= 11 is 0. The zero-order valence-corrected chi connectivity index (χ0v) is 7.99. The van der Waals surface area contributed by atoms with E-state index in [1.165, 1.54) is 0 Å². The van der Waals surface area contributed by atoms with Gasteiger partial charge in [-0.3, -0.25) is 0 Å². The minimum Gasteiger partial charge on any atom is -0.352 e. The smallest absolute Gasteiger partial charge is 0.161 e. The van der Waals surface area contributed by atoms with Crippen molar-refractivity contribution in [2.24, 2.45) is 5.92 Å². The highest BCUT2D eigenvalue weighted by atomic mass is 16.7. The normalized spacial score (nSPS) is 21.0. The molecule has 0 aromatic carbocycles. The first-order chi connectivity index (χ1) is 6.24. The van der Waals surface area contributed by atoms with E-state index in [9.17, 15) is 4.79 Å². The van der Waals surface area contributed by atoms with Crippen LogP contribution < -0.4 is 0 Å². The van der Waals surface area contributed by atoms with E-state index in [4.69, 9.17) is 9.47 Å². The fourth-order valence-corrected chi connectivity index (χ4v) is 1.15. The maximum Gasteiger partial charge on any atom is 0.161 e. The van der Waals surface area contributed by atoms with Crippen molar-refractivity contribution >= 4 is 6.29 Å². The van der Waals surface area contributed by atoms with E-state index >= 15 is 0 Å². The molecule has 3 heteroatoms. The fourth-order valence-electron chi connectivity index (χ4n) is 1.15. The lowest BCUT2D eigenvalue weighted by Gasteiger charge is -2.24. The summed E-state index contributed by atoms with van der Waals surface area (Å²) in [6, 6.07) is 0. The van der Waals surface area contributed by atoms with Crippen LogP contribution in [-0.2, 0) is 14.3 Å². The van der Waals surface area contributed by atoms with Gasteiger partial charge in [-0.15, -0.1) is 0 Å². The second-order valence-electron chi connectivity index (χ2n) is 3.31. The molecule has 13 heavy (non-hydrogen) atoms. The van der Waals surface area contributed by atoms with Gasteiger partial charge in [0.2, 0.25) is 0 Å². The molecule has 3 nitrogen and oxygen atoms in total. The Morgan fingerprint density at radius 2 is 2.23 bits per heavy atom. The van der Waals surface area contributed by atoms with Crippen LogP contribution in [0.15, 0.2) is 12.2 Å². The van der Waals surface area contributed by atoms with Crippen LogP contribution >= 0.6 is 0 Å². The van der Waals surface area contributed by atoms with Crippen LogP contribution in [0.5, 0.6) is 0 Å². The lowest BCUT2D eigenvalue weighted by molar-refractivity contribution is -0.177. The van der Waals surface area contributed by atoms with Gasteiger partial charge in [-0.05, 0) is 6.42 Å². The van der Waals surface area contributed by atoms with Gasteiger partial charge in [-0.1, -0.05) is 19.1 Å². The van der Waals surface area contributed by atoms with Crippen molar-refractivity contribution in [3.63, 3.8) is 0 Å². The number of ether oxygens (including phenoxy) is 2. The maximum atomic E-state index is 10.4. The Hall–Kier alpha value is -0.670. The van der Waals surface area contributed by atoms with Crippen molar-refractivity contribution in [3.05, 3.63) is 12.2 Å². The first kappa shape index (κ1) is 10.4. The van der Waals surface area contributed by atoms with Gasteiger partial charge in [0.15, 0.2) is 6.29 Å². The van der Waals surface area contributed by atoms with Gasteiger partial charge in [0.05, 0.1) is 13.2 Å². The standard InChI is InChI=1S/C10H16O3/c1-8(9(2)7-11)6-10-12-4-3-5-13-10/h7,9-10H,1,3-6H2,2H3. The molecule has 0 saturated carbocycles. The molecule has 0 bridgehead atoms. The van der Waals surface area contributed by atoms with E-state index in [0.717, 1.165) is 31.5 Å². The minimum absolute atomic E-state index is 0.103. The third-order valence-corrected chi connectivity index (χ3v) is 2.17. The van der Waals surface area contributed by atoms with E-state index in [1.54, 1.807) is 0 Å². The number of rotatable bonds is 4. The Kier molecular flexibility index (Phi) is 4.12. The molecule has 1 aliphatic heterocycles. The highest BCUT2D eigenvalue weighted by molar-refractivity contribution is 5.57. The average Bonchev–Trinajstić information content (AvgIpc) is 2.18. The lowest BCUT2D eigenvalue weighted by atomic mass is 10.0. The van der Waals surface area contributed by atoms with Crippen molar-refractivity contribution in [2.75, 3.05) is 13.2 Å². The Morgan fingerprint density at radius 3 is 2.77 bits per heavy atom. The second-order valence-corrected chi connectivity index (χ2v) is 3.31. The van der Waals surface area contributed by atoms with Gasteiger partial charge in [0.25, 0.3) is 0 Å². The highest BCUT2D eigenvalue weighted by Crippen LogP contribution is 2.17. The van der Waals surface area contributed by atoms with Crippen LogP contribution in [0.3, 0.4) is 0 Å². The van der Waals surface area contributed by atoms with E-state index in [-0.39, 0.29) is 12.2 Å². The molecule has 1 atom stereocenters. The zero-order chi connectivity index (χ0) is 9.68. The molecule has 1 saturated heterocycles. The molecular weight excluding hydrogens is 168 g/mol. The predicted octanol–water partition coefficient (Wildman–Crippen LogP) is 1.53. The van der Waals surface area contributed by atoms with Crippen molar-refractivity contribution in [1.29, 1.82) is 0 Å². The summed E-state index contributed by atoms with van der Waals surface area (Å²) in [5, 5.41) is 0. The molecule has 0 spiro atoms. The number of hydrogen-bond donors (Lipinski definition) is 0. The van der Waals surface area contributed by atoms with Gasteiger partial charge < -0.3 is 14.3 Å². The van der Waals surface area contributed by atoms with Crippen LogP contribution in [0.2, 0.25) is 0 Å². The van der Waals surface area contributed by atoms with E-state index in [1.807, 2.05) is 6.92 Å². The SMILES string of the molecule is C=C(CC1OCCCO1)C(C)C=O. The number of hydrogen-bond acceptors (Lipinski definition) is 3. The van der Waals surface area contributed by atoms with Crippen LogP contribution in [0.4, 0.5) is 0 Å². The van der Waals surface area contributed by atoms with Gasteiger partial charge in [-0.25, -0.2) is 0 Å². The molecule has 1 rings (SSSR count). The molecule has 0 aromatic rings. The quantitative estimate of drug-likeness (QED) is 0.491. The van der Waals surface area contributed by atoms with Crippen molar-refractivity contribution in [2.45, 2.75) is 26.1 Å². The monoisotopic (exact) mass is 184 g/mol. The van der Waals surface area contributed by atoms with E-state index < -0.39 is 0 Å². The highest BCUT2D eigenvalue weighted by Gasteiger charge is 2.17. The number of carbonyl (C=O) groups excluding carboxylic acids is 1. The summed E-state index contributed by atoms with van der Waals surface area (Å²) in [5.74, 6) is -0.103. The molecule has 1 unspecified atom stereocenters. The van der Waals surface area contributed by atoms with E-state index in [2.05, 4.69) is 6.58 Å². The summed E-state index contributed by atoms with van der Waals surface area (Å²) < 4.78 is 10.7. The number of carbonyl (C=O) groups is 1. The molecule has 74 valence electrons. The number of aldehydes is 1. The van der Waals surface area contributed by atoms with Gasteiger partial charge in [-0.2, -0.15) is 0 Å². The third kappa shape index (κ3) is 3.28. The van der Waals surface area contributed by atoms with Crippen molar-refractivity contribution < 1.29 is 14.3 Å². The van der Waals surface area contributed by atoms with Crippen LogP contribution in [0.25, 0.3) is 0 Å². The van der Waals surface area contributed by atoms with Gasteiger partial charge >= 0.3 is 0 Å². The summed E-state index contributed by atoms with van der Waals surface area (Å²) in [5.41, 5.74) is 0.877. The topological polar surface area (TPSA) is 35.5 Å². The lowest BCUT2D eigenvalue weighted by Crippen LogP contribution is -2.26. The van der Waals surface area contributed by atoms with Crippen LogP contribution in [-0.4, -0.2) is 25.8 Å².